The zero-order chi connectivity index (χ0) is 19.7. The molecule has 5 nitrogen and oxygen atoms in total. The minimum absolute atomic E-state index is 0.413. The Balaban J connectivity index is 1.69. The molecule has 0 saturated carbocycles. The molecule has 1 heterocycles. The molecule has 4 rings (SSSR count). The number of hydrogen-bond acceptors (Lipinski definition) is 4. The van der Waals surface area contributed by atoms with Crippen molar-refractivity contribution in [1.29, 1.82) is 0 Å². The summed E-state index contributed by atoms with van der Waals surface area (Å²) in [6.45, 7) is 1.86. The van der Waals surface area contributed by atoms with Crippen LogP contribution in [-0.2, 0) is 14.6 Å². The lowest BCUT2D eigenvalue weighted by atomic mass is 10.1. The minimum Gasteiger partial charge on any atom is -0.457 e. The highest BCUT2D eigenvalue weighted by molar-refractivity contribution is 7.93. The highest BCUT2D eigenvalue weighted by Gasteiger charge is 2.46. The molecule has 0 radical (unpaired) electrons. The molecular formula is C22H19NO4S. The Morgan fingerprint density at radius 3 is 2.14 bits per heavy atom. The van der Waals surface area contributed by atoms with Crippen molar-refractivity contribution >= 4 is 21.4 Å². The summed E-state index contributed by atoms with van der Waals surface area (Å²) < 4.78 is 31.3. The molecule has 6 heteroatoms. The Labute approximate surface area is 164 Å². The van der Waals surface area contributed by atoms with Gasteiger partial charge in [0.2, 0.25) is 5.91 Å². The van der Waals surface area contributed by atoms with Crippen LogP contribution in [0.15, 0.2) is 78.9 Å². The smallest absolute Gasteiger partial charge is 0.243 e. The van der Waals surface area contributed by atoms with E-state index in [2.05, 4.69) is 0 Å². The molecule has 28 heavy (non-hydrogen) atoms. The van der Waals surface area contributed by atoms with Crippen molar-refractivity contribution in [2.45, 2.75) is 12.3 Å². The molecule has 1 aliphatic rings. The van der Waals surface area contributed by atoms with Gasteiger partial charge in [-0.25, -0.2) is 8.42 Å². The molecule has 1 amide bonds. The Morgan fingerprint density at radius 2 is 1.46 bits per heavy atom. The first-order valence-electron chi connectivity index (χ1n) is 8.88. The molecule has 0 aromatic heterocycles. The van der Waals surface area contributed by atoms with Gasteiger partial charge in [-0.2, -0.15) is 0 Å². The maximum absolute atomic E-state index is 12.7. The summed E-state index contributed by atoms with van der Waals surface area (Å²) in [7, 11) is -3.64. The number of hydrogen-bond donors (Lipinski definition) is 0. The molecule has 1 saturated heterocycles. The third kappa shape index (κ3) is 3.39. The first-order chi connectivity index (χ1) is 13.5. The molecule has 0 spiro atoms. The lowest BCUT2D eigenvalue weighted by Crippen LogP contribution is -2.29. The van der Waals surface area contributed by atoms with Crippen LogP contribution in [0.25, 0.3) is 0 Å². The summed E-state index contributed by atoms with van der Waals surface area (Å²) in [5.41, 5.74) is 2.00. The average Bonchev–Trinajstić information content (AvgIpc) is 2.92. The van der Waals surface area contributed by atoms with Gasteiger partial charge in [-0.05, 0) is 48.4 Å². The second kappa shape index (κ2) is 7.13. The number of nitrogens with zero attached hydrogens (tertiary/aromatic N) is 1. The van der Waals surface area contributed by atoms with Gasteiger partial charge in [0.1, 0.15) is 17.3 Å². The molecule has 1 aliphatic heterocycles. The lowest BCUT2D eigenvalue weighted by Gasteiger charge is -2.25. The van der Waals surface area contributed by atoms with Crippen LogP contribution in [0.5, 0.6) is 11.5 Å². The number of para-hydroxylation sites is 2. The second-order valence-corrected chi connectivity index (χ2v) is 8.75. The Hall–Kier alpha value is -3.12. The molecule has 1 fully saturated rings. The first kappa shape index (κ1) is 18.3. The van der Waals surface area contributed by atoms with Crippen LogP contribution < -0.4 is 9.64 Å². The van der Waals surface area contributed by atoms with Crippen LogP contribution in [-0.4, -0.2) is 20.1 Å². The van der Waals surface area contributed by atoms with Crippen molar-refractivity contribution < 1.29 is 17.9 Å². The topological polar surface area (TPSA) is 63.7 Å². The summed E-state index contributed by atoms with van der Waals surface area (Å²) in [6, 6.07) is 23.5. The maximum Gasteiger partial charge on any atom is 0.243 e. The number of sulfone groups is 1. The molecule has 0 bridgehead atoms. The van der Waals surface area contributed by atoms with E-state index in [0.29, 0.717) is 22.7 Å². The SMILES string of the molecule is Cc1ccccc1N1C(=O)CS(=O)(=O)[C@@H]1c1ccc(Oc2ccccc2)cc1. The molecule has 3 aromatic carbocycles. The van der Waals surface area contributed by atoms with E-state index in [1.807, 2.05) is 49.4 Å². The van der Waals surface area contributed by atoms with Crippen molar-refractivity contribution in [3.63, 3.8) is 0 Å². The summed E-state index contributed by atoms with van der Waals surface area (Å²) >= 11 is 0. The molecule has 3 aromatic rings. The third-order valence-corrected chi connectivity index (χ3v) is 6.50. The zero-order valence-electron chi connectivity index (χ0n) is 15.3. The van der Waals surface area contributed by atoms with Crippen molar-refractivity contribution in [1.82, 2.24) is 0 Å². The highest BCUT2D eigenvalue weighted by atomic mass is 32.2. The van der Waals surface area contributed by atoms with Gasteiger partial charge in [-0.1, -0.05) is 48.5 Å². The summed E-state index contributed by atoms with van der Waals surface area (Å²) in [4.78, 5) is 13.9. The number of aryl methyl sites for hydroxylation is 1. The van der Waals surface area contributed by atoms with E-state index in [-0.39, 0.29) is 0 Å². The molecule has 0 unspecified atom stereocenters. The van der Waals surface area contributed by atoms with Gasteiger partial charge in [0.15, 0.2) is 15.2 Å². The molecule has 1 atom stereocenters. The van der Waals surface area contributed by atoms with Gasteiger partial charge >= 0.3 is 0 Å². The van der Waals surface area contributed by atoms with Gasteiger partial charge in [-0.15, -0.1) is 0 Å². The van der Waals surface area contributed by atoms with E-state index < -0.39 is 26.9 Å². The number of amides is 1. The molecule has 0 aliphatic carbocycles. The fourth-order valence-electron chi connectivity index (χ4n) is 3.39. The molecule has 0 N–H and O–H groups in total. The monoisotopic (exact) mass is 393 g/mol. The van der Waals surface area contributed by atoms with Gasteiger partial charge in [0.25, 0.3) is 0 Å². The number of benzene rings is 3. The fraction of sp³-hybridized carbons (Fsp3) is 0.136. The number of carbonyl (C=O) groups excluding carboxylic acids is 1. The van der Waals surface area contributed by atoms with E-state index >= 15 is 0 Å². The number of anilines is 1. The van der Waals surface area contributed by atoms with Gasteiger partial charge in [-0.3, -0.25) is 9.69 Å². The number of ether oxygens (including phenoxy) is 1. The molecular weight excluding hydrogens is 374 g/mol. The third-order valence-electron chi connectivity index (χ3n) is 4.69. The lowest BCUT2D eigenvalue weighted by molar-refractivity contribution is -0.115. The van der Waals surface area contributed by atoms with Crippen LogP contribution >= 0.6 is 0 Å². The maximum atomic E-state index is 12.7. The fourth-order valence-corrected chi connectivity index (χ4v) is 5.15. The van der Waals surface area contributed by atoms with E-state index in [0.717, 1.165) is 5.56 Å². The normalized spacial score (nSPS) is 18.2. The minimum atomic E-state index is -3.64. The number of carbonyl (C=O) groups is 1. The van der Waals surface area contributed by atoms with E-state index in [1.165, 1.54) is 4.90 Å². The summed E-state index contributed by atoms with van der Waals surface area (Å²) in [5.74, 6) is 0.386. The predicted molar refractivity (Wildman–Crippen MR) is 108 cm³/mol. The van der Waals surface area contributed by atoms with Crippen LogP contribution in [0.4, 0.5) is 5.69 Å². The van der Waals surface area contributed by atoms with E-state index in [9.17, 15) is 13.2 Å². The highest BCUT2D eigenvalue weighted by Crippen LogP contribution is 2.39. The largest absolute Gasteiger partial charge is 0.457 e. The van der Waals surface area contributed by atoms with Crippen LogP contribution in [0.3, 0.4) is 0 Å². The summed E-state index contributed by atoms with van der Waals surface area (Å²) in [5, 5.41) is -1.04. The zero-order valence-corrected chi connectivity index (χ0v) is 16.1. The van der Waals surface area contributed by atoms with Crippen LogP contribution in [0, 0.1) is 6.92 Å². The predicted octanol–water partition coefficient (Wildman–Crippen LogP) is 4.25. The average molecular weight is 393 g/mol. The Morgan fingerprint density at radius 1 is 0.857 bits per heavy atom. The Bertz CT molecular complexity index is 1110. The summed E-state index contributed by atoms with van der Waals surface area (Å²) in [6.07, 6.45) is 0. The van der Waals surface area contributed by atoms with Gasteiger partial charge < -0.3 is 4.74 Å². The van der Waals surface area contributed by atoms with Crippen molar-refractivity contribution in [3.8, 4) is 11.5 Å². The van der Waals surface area contributed by atoms with Gasteiger partial charge in [0, 0.05) is 5.69 Å². The van der Waals surface area contributed by atoms with Crippen molar-refractivity contribution in [2.75, 3.05) is 10.7 Å². The van der Waals surface area contributed by atoms with E-state index in [1.54, 1.807) is 36.4 Å². The van der Waals surface area contributed by atoms with Gasteiger partial charge in [0.05, 0.1) is 0 Å². The standard InChI is InChI=1S/C22H19NO4S/c1-16-7-5-6-10-20(16)23-21(24)15-28(25,26)22(23)17-11-13-19(14-12-17)27-18-8-3-2-4-9-18/h2-14,22H,15H2,1H3/t22-/m1/s1. The second-order valence-electron chi connectivity index (χ2n) is 6.69. The van der Waals surface area contributed by atoms with Crippen LogP contribution in [0.1, 0.15) is 16.5 Å². The van der Waals surface area contributed by atoms with Crippen molar-refractivity contribution in [3.05, 3.63) is 90.0 Å². The molecule has 142 valence electrons. The van der Waals surface area contributed by atoms with Crippen molar-refractivity contribution in [2.24, 2.45) is 0 Å². The van der Waals surface area contributed by atoms with Crippen LogP contribution in [0.2, 0.25) is 0 Å². The Kier molecular flexibility index (Phi) is 4.65. The van der Waals surface area contributed by atoms with E-state index in [4.69, 9.17) is 4.74 Å². The quantitative estimate of drug-likeness (QED) is 0.665. The first-order valence-corrected chi connectivity index (χ1v) is 10.6. The number of rotatable bonds is 4.